The largest absolute Gasteiger partial charge is 0.353 e. The summed E-state index contributed by atoms with van der Waals surface area (Å²) in [6, 6.07) is 15.3. The monoisotopic (exact) mass is 486 g/mol. The van der Waals surface area contributed by atoms with Crippen LogP contribution < -0.4 is 10.2 Å². The Balaban J connectivity index is 1.40. The van der Waals surface area contributed by atoms with Gasteiger partial charge in [-0.3, -0.25) is 4.79 Å². The minimum atomic E-state index is 0.0818. The van der Waals surface area contributed by atoms with Gasteiger partial charge in [0.15, 0.2) is 0 Å². The Labute approximate surface area is 177 Å². The molecule has 0 atom stereocenters. The Bertz CT molecular complexity index is 960. The summed E-state index contributed by atoms with van der Waals surface area (Å²) < 4.78 is 1.07. The van der Waals surface area contributed by atoms with Crippen LogP contribution in [0.1, 0.15) is 10.4 Å². The summed E-state index contributed by atoms with van der Waals surface area (Å²) in [4.78, 5) is 29.7. The average molecular weight is 486 g/mol. The van der Waals surface area contributed by atoms with Crippen molar-refractivity contribution in [3.8, 4) is 0 Å². The summed E-state index contributed by atoms with van der Waals surface area (Å²) in [7, 11) is 0. The zero-order chi connectivity index (χ0) is 19.3. The second-order valence-corrected chi connectivity index (χ2v) is 7.64. The van der Waals surface area contributed by atoms with E-state index in [2.05, 4.69) is 47.8 Å². The van der Waals surface area contributed by atoms with Gasteiger partial charge in [0.1, 0.15) is 23.8 Å². The van der Waals surface area contributed by atoms with Gasteiger partial charge in [0.2, 0.25) is 0 Å². The predicted octanol–water partition coefficient (Wildman–Crippen LogP) is 3.18. The summed E-state index contributed by atoms with van der Waals surface area (Å²) in [6.45, 7) is 2.79. The zero-order valence-corrected chi connectivity index (χ0v) is 17.3. The van der Waals surface area contributed by atoms with Gasteiger partial charge in [-0.15, -0.1) is 0 Å². The number of aromatic nitrogens is 3. The van der Waals surface area contributed by atoms with Crippen molar-refractivity contribution in [2.75, 3.05) is 36.4 Å². The SMILES string of the molecule is O=C(c1cccc(I)c1)N1CCN(c2cc(Nc3ccccn3)ncn2)CC1. The molecular weight excluding hydrogens is 467 g/mol. The van der Waals surface area contributed by atoms with Crippen LogP contribution in [0, 0.1) is 3.57 Å². The van der Waals surface area contributed by atoms with Gasteiger partial charge >= 0.3 is 0 Å². The van der Waals surface area contributed by atoms with Gasteiger partial charge in [0.25, 0.3) is 5.91 Å². The third-order valence-corrected chi connectivity index (χ3v) is 5.21. The molecule has 0 aliphatic carbocycles. The van der Waals surface area contributed by atoms with Gasteiger partial charge in [-0.2, -0.15) is 0 Å². The molecule has 1 fully saturated rings. The lowest BCUT2D eigenvalue weighted by Crippen LogP contribution is -2.49. The number of nitrogens with zero attached hydrogens (tertiary/aromatic N) is 5. The number of pyridine rings is 1. The van der Waals surface area contributed by atoms with Crippen LogP contribution in [-0.2, 0) is 0 Å². The molecule has 8 heteroatoms. The number of hydrogen-bond acceptors (Lipinski definition) is 6. The van der Waals surface area contributed by atoms with Crippen molar-refractivity contribution < 1.29 is 4.79 Å². The van der Waals surface area contributed by atoms with Gasteiger partial charge in [-0.1, -0.05) is 12.1 Å². The van der Waals surface area contributed by atoms with Gasteiger partial charge in [-0.25, -0.2) is 15.0 Å². The number of amides is 1. The number of nitrogens with one attached hydrogen (secondary N) is 1. The van der Waals surface area contributed by atoms with Crippen molar-refractivity contribution >= 4 is 46.0 Å². The third-order valence-electron chi connectivity index (χ3n) is 4.54. The maximum atomic E-state index is 12.7. The molecule has 1 aliphatic rings. The summed E-state index contributed by atoms with van der Waals surface area (Å²) in [5, 5.41) is 3.18. The van der Waals surface area contributed by atoms with Gasteiger partial charge in [-0.05, 0) is 52.9 Å². The number of halogens is 1. The molecule has 1 amide bonds. The standard InChI is InChI=1S/C20H19IN6O/c21-16-5-3-4-15(12-16)20(28)27-10-8-26(9-11-27)19-13-18(23-14-24-19)25-17-6-1-2-7-22-17/h1-7,12-14H,8-11H2,(H,22,23,24,25). The molecule has 0 unspecified atom stereocenters. The fourth-order valence-corrected chi connectivity index (χ4v) is 3.64. The van der Waals surface area contributed by atoms with E-state index in [9.17, 15) is 4.79 Å². The van der Waals surface area contributed by atoms with Crippen molar-refractivity contribution in [1.82, 2.24) is 19.9 Å². The Morgan fingerprint density at radius 3 is 2.54 bits per heavy atom. The van der Waals surface area contributed by atoms with E-state index >= 15 is 0 Å². The van der Waals surface area contributed by atoms with E-state index < -0.39 is 0 Å². The number of hydrogen-bond donors (Lipinski definition) is 1. The average Bonchev–Trinajstić information content (AvgIpc) is 2.74. The van der Waals surface area contributed by atoms with E-state index in [1.165, 1.54) is 0 Å². The molecule has 0 radical (unpaired) electrons. The highest BCUT2D eigenvalue weighted by Gasteiger charge is 2.23. The molecule has 7 nitrogen and oxygen atoms in total. The number of benzene rings is 1. The first-order valence-electron chi connectivity index (χ1n) is 8.99. The highest BCUT2D eigenvalue weighted by atomic mass is 127. The zero-order valence-electron chi connectivity index (χ0n) is 15.1. The molecule has 28 heavy (non-hydrogen) atoms. The van der Waals surface area contributed by atoms with Crippen molar-refractivity contribution in [2.45, 2.75) is 0 Å². The molecule has 3 heterocycles. The summed E-state index contributed by atoms with van der Waals surface area (Å²) >= 11 is 2.23. The lowest BCUT2D eigenvalue weighted by molar-refractivity contribution is 0.0746. The van der Waals surface area contributed by atoms with Crippen LogP contribution in [0.4, 0.5) is 17.5 Å². The number of anilines is 3. The van der Waals surface area contributed by atoms with E-state index in [1.54, 1.807) is 12.5 Å². The maximum Gasteiger partial charge on any atom is 0.254 e. The Hall–Kier alpha value is -2.75. The molecule has 2 aromatic heterocycles. The van der Waals surface area contributed by atoms with Gasteiger partial charge in [0, 0.05) is 47.6 Å². The molecule has 1 N–H and O–H groups in total. The van der Waals surface area contributed by atoms with E-state index in [0.29, 0.717) is 18.9 Å². The van der Waals surface area contributed by atoms with Gasteiger partial charge < -0.3 is 15.1 Å². The number of carbonyl (C=O) groups excluding carboxylic acids is 1. The molecule has 142 valence electrons. The van der Waals surface area contributed by atoms with Crippen LogP contribution >= 0.6 is 22.6 Å². The van der Waals surface area contributed by atoms with Crippen molar-refractivity contribution in [2.24, 2.45) is 0 Å². The van der Waals surface area contributed by atoms with E-state index in [0.717, 1.165) is 33.9 Å². The second-order valence-electron chi connectivity index (χ2n) is 6.39. The molecule has 4 rings (SSSR count). The fraction of sp³-hybridized carbons (Fsp3) is 0.200. The van der Waals surface area contributed by atoms with Crippen LogP contribution in [0.15, 0.2) is 61.1 Å². The van der Waals surface area contributed by atoms with Crippen LogP contribution in [0.3, 0.4) is 0 Å². The number of piperazine rings is 1. The van der Waals surface area contributed by atoms with Crippen LogP contribution in [-0.4, -0.2) is 51.9 Å². The molecule has 0 saturated carbocycles. The highest BCUT2D eigenvalue weighted by Crippen LogP contribution is 2.19. The topological polar surface area (TPSA) is 74.2 Å². The van der Waals surface area contributed by atoms with Crippen molar-refractivity contribution in [3.05, 3.63) is 70.2 Å². The lowest BCUT2D eigenvalue weighted by Gasteiger charge is -2.35. The Morgan fingerprint density at radius 1 is 0.929 bits per heavy atom. The predicted molar refractivity (Wildman–Crippen MR) is 117 cm³/mol. The smallest absolute Gasteiger partial charge is 0.254 e. The Morgan fingerprint density at radius 2 is 1.79 bits per heavy atom. The summed E-state index contributed by atoms with van der Waals surface area (Å²) in [6.07, 6.45) is 3.28. The van der Waals surface area contributed by atoms with Crippen molar-refractivity contribution in [1.29, 1.82) is 0 Å². The third kappa shape index (κ3) is 4.38. The second kappa shape index (κ2) is 8.51. The molecule has 1 aromatic carbocycles. The summed E-state index contributed by atoms with van der Waals surface area (Å²) in [5.41, 5.74) is 0.740. The minimum absolute atomic E-state index is 0.0818. The number of rotatable bonds is 4. The first-order valence-corrected chi connectivity index (χ1v) is 10.1. The van der Waals surface area contributed by atoms with Crippen LogP contribution in [0.25, 0.3) is 0 Å². The molecule has 0 spiro atoms. The summed E-state index contributed by atoms with van der Waals surface area (Å²) in [5.74, 6) is 2.36. The van der Waals surface area contributed by atoms with Crippen molar-refractivity contribution in [3.63, 3.8) is 0 Å². The first-order chi connectivity index (χ1) is 13.7. The van der Waals surface area contributed by atoms with E-state index in [1.807, 2.05) is 53.4 Å². The highest BCUT2D eigenvalue weighted by molar-refractivity contribution is 14.1. The fourth-order valence-electron chi connectivity index (χ4n) is 3.10. The maximum absolute atomic E-state index is 12.7. The van der Waals surface area contributed by atoms with E-state index in [4.69, 9.17) is 0 Å². The molecule has 0 bridgehead atoms. The minimum Gasteiger partial charge on any atom is -0.353 e. The first kappa shape index (κ1) is 18.6. The number of carbonyl (C=O) groups is 1. The normalized spacial score (nSPS) is 14.0. The van der Waals surface area contributed by atoms with Crippen LogP contribution in [0.2, 0.25) is 0 Å². The lowest BCUT2D eigenvalue weighted by atomic mass is 10.2. The van der Waals surface area contributed by atoms with E-state index in [-0.39, 0.29) is 5.91 Å². The molecule has 1 saturated heterocycles. The Kier molecular flexibility index (Phi) is 5.65. The molecule has 1 aliphatic heterocycles. The van der Waals surface area contributed by atoms with Gasteiger partial charge in [0.05, 0.1) is 0 Å². The quantitative estimate of drug-likeness (QED) is 0.572. The van der Waals surface area contributed by atoms with Crippen LogP contribution in [0.5, 0.6) is 0 Å². The molecule has 3 aromatic rings. The molecular formula is C20H19IN6O.